The van der Waals surface area contributed by atoms with Crippen molar-refractivity contribution in [3.63, 3.8) is 0 Å². The minimum atomic E-state index is -0.622. The van der Waals surface area contributed by atoms with Gasteiger partial charge >= 0.3 is 0 Å². The van der Waals surface area contributed by atoms with Crippen LogP contribution in [0.4, 0.5) is 5.69 Å². The molecule has 1 heterocycles. The second-order valence-electron chi connectivity index (χ2n) is 4.74. The number of nitro benzene ring substituents is 1. The molecular formula is C13H14ClN3O4. The lowest BCUT2D eigenvalue weighted by Gasteiger charge is -2.15. The number of hydrogen-bond donors (Lipinski definition) is 2. The zero-order valence-corrected chi connectivity index (χ0v) is 11.9. The van der Waals surface area contributed by atoms with Crippen LogP contribution in [0, 0.1) is 10.1 Å². The standard InChI is InChI=1S/C13H14ClN3O4/c14-9-7-8(4-5-11(9)17(20)21)12(18)16-10-3-1-2-6-15-13(10)19/h4-5,7,10H,1-3,6H2,(H,15,19)(H,16,18). The number of hydrogen-bond acceptors (Lipinski definition) is 4. The molecule has 1 atom stereocenters. The minimum Gasteiger partial charge on any atom is -0.354 e. The molecule has 0 aromatic heterocycles. The molecule has 1 saturated heterocycles. The second kappa shape index (κ2) is 6.53. The number of benzene rings is 1. The molecule has 8 heteroatoms. The van der Waals surface area contributed by atoms with Crippen molar-refractivity contribution in [2.45, 2.75) is 25.3 Å². The Labute approximate surface area is 125 Å². The summed E-state index contributed by atoms with van der Waals surface area (Å²) in [6.07, 6.45) is 2.28. The highest BCUT2D eigenvalue weighted by Gasteiger charge is 2.23. The van der Waals surface area contributed by atoms with E-state index in [4.69, 9.17) is 11.6 Å². The molecule has 1 aliphatic rings. The summed E-state index contributed by atoms with van der Waals surface area (Å²) in [7, 11) is 0. The summed E-state index contributed by atoms with van der Waals surface area (Å²) in [4.78, 5) is 33.9. The average molecular weight is 312 g/mol. The first-order valence-corrected chi connectivity index (χ1v) is 6.89. The van der Waals surface area contributed by atoms with Crippen LogP contribution in [0.3, 0.4) is 0 Å². The van der Waals surface area contributed by atoms with Crippen molar-refractivity contribution >= 4 is 29.1 Å². The number of nitrogens with one attached hydrogen (secondary N) is 2. The third-order valence-electron chi connectivity index (χ3n) is 3.25. The van der Waals surface area contributed by atoms with Crippen LogP contribution >= 0.6 is 11.6 Å². The molecule has 1 aliphatic heterocycles. The van der Waals surface area contributed by atoms with Crippen molar-refractivity contribution in [2.75, 3.05) is 6.54 Å². The molecule has 1 unspecified atom stereocenters. The molecule has 0 aliphatic carbocycles. The number of amides is 2. The summed E-state index contributed by atoms with van der Waals surface area (Å²) in [5.41, 5.74) is -0.0805. The van der Waals surface area contributed by atoms with Crippen LogP contribution in [0.25, 0.3) is 0 Å². The van der Waals surface area contributed by atoms with Gasteiger partial charge in [-0.05, 0) is 31.4 Å². The minimum absolute atomic E-state index is 0.113. The van der Waals surface area contributed by atoms with E-state index >= 15 is 0 Å². The maximum absolute atomic E-state index is 12.1. The Bertz CT molecular complexity index is 591. The molecular weight excluding hydrogens is 298 g/mol. The molecule has 7 nitrogen and oxygen atoms in total. The topological polar surface area (TPSA) is 101 Å². The molecule has 112 valence electrons. The highest BCUT2D eigenvalue weighted by molar-refractivity contribution is 6.33. The Hall–Kier alpha value is -2.15. The van der Waals surface area contributed by atoms with Gasteiger partial charge in [-0.2, -0.15) is 0 Å². The number of halogens is 1. The van der Waals surface area contributed by atoms with Gasteiger partial charge in [0.25, 0.3) is 11.6 Å². The van der Waals surface area contributed by atoms with E-state index in [1.807, 2.05) is 0 Å². The molecule has 2 N–H and O–H groups in total. The lowest BCUT2D eigenvalue weighted by atomic mass is 10.1. The highest BCUT2D eigenvalue weighted by Crippen LogP contribution is 2.25. The normalized spacial score (nSPS) is 18.5. The molecule has 1 fully saturated rings. The predicted molar refractivity (Wildman–Crippen MR) is 76.2 cm³/mol. The zero-order chi connectivity index (χ0) is 15.4. The number of carbonyl (C=O) groups excluding carboxylic acids is 2. The largest absolute Gasteiger partial charge is 0.354 e. The van der Waals surface area contributed by atoms with E-state index in [9.17, 15) is 19.7 Å². The molecule has 0 saturated carbocycles. The van der Waals surface area contributed by atoms with Gasteiger partial charge in [0.1, 0.15) is 11.1 Å². The van der Waals surface area contributed by atoms with Gasteiger partial charge in [0, 0.05) is 18.2 Å². The predicted octanol–water partition coefficient (Wildman–Crippen LogP) is 1.65. The van der Waals surface area contributed by atoms with Crippen LogP contribution in [0.15, 0.2) is 18.2 Å². The van der Waals surface area contributed by atoms with E-state index in [0.29, 0.717) is 13.0 Å². The van der Waals surface area contributed by atoms with E-state index in [-0.39, 0.29) is 22.2 Å². The molecule has 2 rings (SSSR count). The Kier molecular flexibility index (Phi) is 4.74. The van der Waals surface area contributed by atoms with Gasteiger partial charge in [-0.15, -0.1) is 0 Å². The van der Waals surface area contributed by atoms with Crippen molar-refractivity contribution in [3.05, 3.63) is 38.9 Å². The lowest BCUT2D eigenvalue weighted by Crippen LogP contribution is -2.45. The van der Waals surface area contributed by atoms with Crippen LogP contribution in [-0.2, 0) is 4.79 Å². The lowest BCUT2D eigenvalue weighted by molar-refractivity contribution is -0.384. The van der Waals surface area contributed by atoms with Crippen molar-refractivity contribution in [1.29, 1.82) is 0 Å². The zero-order valence-electron chi connectivity index (χ0n) is 11.1. The fraction of sp³-hybridized carbons (Fsp3) is 0.385. The van der Waals surface area contributed by atoms with Crippen molar-refractivity contribution < 1.29 is 14.5 Å². The third-order valence-corrected chi connectivity index (χ3v) is 3.55. The van der Waals surface area contributed by atoms with E-state index in [2.05, 4.69) is 10.6 Å². The molecule has 21 heavy (non-hydrogen) atoms. The van der Waals surface area contributed by atoms with Crippen LogP contribution in [0.5, 0.6) is 0 Å². The van der Waals surface area contributed by atoms with Crippen LogP contribution in [0.2, 0.25) is 5.02 Å². The van der Waals surface area contributed by atoms with Gasteiger partial charge in [0.05, 0.1) is 4.92 Å². The van der Waals surface area contributed by atoms with Gasteiger partial charge in [-0.3, -0.25) is 19.7 Å². The van der Waals surface area contributed by atoms with Gasteiger partial charge < -0.3 is 10.6 Å². The first kappa shape index (κ1) is 15.2. The Morgan fingerprint density at radius 1 is 1.43 bits per heavy atom. The number of rotatable bonds is 3. The van der Waals surface area contributed by atoms with Crippen molar-refractivity contribution in [2.24, 2.45) is 0 Å². The van der Waals surface area contributed by atoms with Crippen molar-refractivity contribution in [3.8, 4) is 0 Å². The monoisotopic (exact) mass is 311 g/mol. The first-order valence-electron chi connectivity index (χ1n) is 6.51. The van der Waals surface area contributed by atoms with Crippen LogP contribution < -0.4 is 10.6 Å². The fourth-order valence-electron chi connectivity index (χ4n) is 2.11. The summed E-state index contributed by atoms with van der Waals surface area (Å²) in [5.74, 6) is -0.692. The van der Waals surface area contributed by atoms with E-state index < -0.39 is 16.9 Å². The molecule has 0 radical (unpaired) electrons. The van der Waals surface area contributed by atoms with Crippen LogP contribution in [-0.4, -0.2) is 29.3 Å². The van der Waals surface area contributed by atoms with E-state index in [0.717, 1.165) is 12.8 Å². The smallest absolute Gasteiger partial charge is 0.287 e. The van der Waals surface area contributed by atoms with Gasteiger partial charge in [-0.1, -0.05) is 11.6 Å². The maximum atomic E-state index is 12.1. The highest BCUT2D eigenvalue weighted by atomic mass is 35.5. The van der Waals surface area contributed by atoms with Crippen molar-refractivity contribution in [1.82, 2.24) is 10.6 Å². The fourth-order valence-corrected chi connectivity index (χ4v) is 2.36. The molecule has 0 spiro atoms. The van der Waals surface area contributed by atoms with Gasteiger partial charge in [-0.25, -0.2) is 0 Å². The molecule has 0 bridgehead atoms. The summed E-state index contributed by atoms with van der Waals surface area (Å²) in [5, 5.41) is 15.9. The second-order valence-corrected chi connectivity index (χ2v) is 5.14. The molecule has 1 aromatic carbocycles. The Morgan fingerprint density at radius 2 is 2.19 bits per heavy atom. The SMILES string of the molecule is O=C(NC1CCCCNC1=O)c1ccc([N+](=O)[O-])c(Cl)c1. The molecule has 1 aromatic rings. The van der Waals surface area contributed by atoms with Gasteiger partial charge in [0.15, 0.2) is 0 Å². The summed E-state index contributed by atoms with van der Waals surface area (Å²) < 4.78 is 0. The first-order chi connectivity index (χ1) is 9.99. The Morgan fingerprint density at radius 3 is 2.86 bits per heavy atom. The Balaban J connectivity index is 2.11. The van der Waals surface area contributed by atoms with Gasteiger partial charge in [0.2, 0.25) is 5.91 Å². The third kappa shape index (κ3) is 3.69. The summed E-state index contributed by atoms with van der Waals surface area (Å²) in [6, 6.07) is 3.12. The van der Waals surface area contributed by atoms with Crippen LogP contribution in [0.1, 0.15) is 29.6 Å². The van der Waals surface area contributed by atoms with E-state index in [1.165, 1.54) is 18.2 Å². The maximum Gasteiger partial charge on any atom is 0.287 e. The molecule has 2 amide bonds. The number of carbonyl (C=O) groups is 2. The summed E-state index contributed by atoms with van der Waals surface area (Å²) in [6.45, 7) is 0.606. The quantitative estimate of drug-likeness (QED) is 0.654. The number of nitrogens with zero attached hydrogens (tertiary/aromatic N) is 1. The van der Waals surface area contributed by atoms with E-state index in [1.54, 1.807) is 0 Å². The average Bonchev–Trinajstić information content (AvgIpc) is 2.63. The summed E-state index contributed by atoms with van der Waals surface area (Å²) >= 11 is 5.77. The number of nitro groups is 1.